The first-order chi connectivity index (χ1) is 13.0. The third kappa shape index (κ3) is 3.54. The first-order valence-corrected chi connectivity index (χ1v) is 9.54. The molecule has 0 atom stereocenters. The molecule has 2 aromatic heterocycles. The first-order valence-electron chi connectivity index (χ1n) is 8.28. The van der Waals surface area contributed by atoms with Crippen LogP contribution in [0, 0.1) is 13.8 Å². The van der Waals surface area contributed by atoms with E-state index in [1.165, 1.54) is 11.3 Å². The fourth-order valence-electron chi connectivity index (χ4n) is 2.67. The molecule has 7 heteroatoms. The Morgan fingerprint density at radius 3 is 2.52 bits per heavy atom. The van der Waals surface area contributed by atoms with Gasteiger partial charge >= 0.3 is 0 Å². The molecule has 134 valence electrons. The van der Waals surface area contributed by atoms with Gasteiger partial charge in [-0.15, -0.1) is 11.3 Å². The standard InChI is InChI=1S/C20H15ClN4OS/c1-11-12(2)23-17-9-13(7-8-16(17)22-11)19(26)25-20-24-18(10-27-20)14-5-3-4-6-15(14)21/h3-10H,1-2H3,(H,24,25,26). The number of anilines is 1. The number of hydrogen-bond acceptors (Lipinski definition) is 5. The highest BCUT2D eigenvalue weighted by atomic mass is 35.5. The molecule has 0 unspecified atom stereocenters. The number of hydrogen-bond donors (Lipinski definition) is 1. The van der Waals surface area contributed by atoms with E-state index in [0.717, 1.165) is 28.2 Å². The molecule has 0 aliphatic heterocycles. The van der Waals surface area contributed by atoms with E-state index in [0.29, 0.717) is 21.2 Å². The maximum atomic E-state index is 12.6. The van der Waals surface area contributed by atoms with Gasteiger partial charge in [-0.05, 0) is 38.1 Å². The predicted octanol–water partition coefficient (Wildman–Crippen LogP) is 5.28. The third-order valence-corrected chi connectivity index (χ3v) is 5.30. The lowest BCUT2D eigenvalue weighted by Crippen LogP contribution is -2.11. The lowest BCUT2D eigenvalue weighted by Gasteiger charge is -2.05. The number of fused-ring (bicyclic) bond motifs is 1. The average Bonchev–Trinajstić information content (AvgIpc) is 3.11. The van der Waals surface area contributed by atoms with Gasteiger partial charge in [-0.3, -0.25) is 10.1 Å². The molecular weight excluding hydrogens is 380 g/mol. The number of benzene rings is 2. The van der Waals surface area contributed by atoms with Gasteiger partial charge in [0, 0.05) is 21.5 Å². The number of carbonyl (C=O) groups is 1. The Morgan fingerprint density at radius 1 is 1.00 bits per heavy atom. The van der Waals surface area contributed by atoms with E-state index in [1.807, 2.05) is 43.5 Å². The number of thiazole rings is 1. The number of nitrogens with one attached hydrogen (secondary N) is 1. The Labute approximate surface area is 165 Å². The smallest absolute Gasteiger partial charge is 0.257 e. The number of nitrogens with zero attached hydrogens (tertiary/aromatic N) is 3. The molecule has 2 aromatic carbocycles. The van der Waals surface area contributed by atoms with Crippen LogP contribution in [0.5, 0.6) is 0 Å². The Kier molecular flexibility index (Phi) is 4.59. The molecule has 0 saturated heterocycles. The minimum Gasteiger partial charge on any atom is -0.298 e. The van der Waals surface area contributed by atoms with Crippen LogP contribution in [0.25, 0.3) is 22.3 Å². The molecule has 1 amide bonds. The number of amides is 1. The maximum absolute atomic E-state index is 12.6. The summed E-state index contributed by atoms with van der Waals surface area (Å²) in [5, 5.41) is 5.85. The fraction of sp³-hybridized carbons (Fsp3) is 0.100. The Hall–Kier alpha value is -2.83. The lowest BCUT2D eigenvalue weighted by molar-refractivity contribution is 0.102. The maximum Gasteiger partial charge on any atom is 0.257 e. The van der Waals surface area contributed by atoms with Gasteiger partial charge in [-0.25, -0.2) is 15.0 Å². The van der Waals surface area contributed by atoms with Crippen molar-refractivity contribution in [1.29, 1.82) is 0 Å². The highest BCUT2D eigenvalue weighted by molar-refractivity contribution is 7.14. The van der Waals surface area contributed by atoms with E-state index < -0.39 is 0 Å². The molecule has 1 N–H and O–H groups in total. The zero-order chi connectivity index (χ0) is 19.0. The van der Waals surface area contributed by atoms with Crippen LogP contribution in [0.1, 0.15) is 21.7 Å². The zero-order valence-corrected chi connectivity index (χ0v) is 16.2. The van der Waals surface area contributed by atoms with Crippen molar-refractivity contribution in [3.05, 3.63) is 69.8 Å². The van der Waals surface area contributed by atoms with Gasteiger partial charge in [0.15, 0.2) is 5.13 Å². The highest BCUT2D eigenvalue weighted by Crippen LogP contribution is 2.30. The molecule has 0 radical (unpaired) electrons. The van der Waals surface area contributed by atoms with Crippen LogP contribution in [0.4, 0.5) is 5.13 Å². The molecule has 0 saturated carbocycles. The van der Waals surface area contributed by atoms with Gasteiger partial charge in [-0.1, -0.05) is 29.8 Å². The zero-order valence-electron chi connectivity index (χ0n) is 14.7. The molecule has 0 spiro atoms. The Bertz CT molecular complexity index is 1170. The number of halogens is 1. The van der Waals surface area contributed by atoms with Crippen LogP contribution in [0.3, 0.4) is 0 Å². The quantitative estimate of drug-likeness (QED) is 0.513. The lowest BCUT2D eigenvalue weighted by atomic mass is 10.1. The number of aryl methyl sites for hydroxylation is 2. The molecule has 0 aliphatic carbocycles. The van der Waals surface area contributed by atoms with Gasteiger partial charge in [0.1, 0.15) is 0 Å². The average molecular weight is 395 g/mol. The summed E-state index contributed by atoms with van der Waals surface area (Å²) < 4.78 is 0. The minimum atomic E-state index is -0.239. The Balaban J connectivity index is 1.58. The van der Waals surface area contributed by atoms with Crippen molar-refractivity contribution in [2.75, 3.05) is 5.32 Å². The SMILES string of the molecule is Cc1nc2ccc(C(=O)Nc3nc(-c4ccccc4Cl)cs3)cc2nc1C. The topological polar surface area (TPSA) is 67.8 Å². The summed E-state index contributed by atoms with van der Waals surface area (Å²) in [5.41, 5.74) is 5.28. The predicted molar refractivity (Wildman–Crippen MR) is 110 cm³/mol. The van der Waals surface area contributed by atoms with Crippen molar-refractivity contribution < 1.29 is 4.79 Å². The molecular formula is C20H15ClN4OS. The van der Waals surface area contributed by atoms with Crippen LogP contribution < -0.4 is 5.32 Å². The van der Waals surface area contributed by atoms with Crippen molar-refractivity contribution in [2.45, 2.75) is 13.8 Å². The Morgan fingerprint density at radius 2 is 1.74 bits per heavy atom. The van der Waals surface area contributed by atoms with Gasteiger partial charge < -0.3 is 0 Å². The molecule has 27 heavy (non-hydrogen) atoms. The summed E-state index contributed by atoms with van der Waals surface area (Å²) in [6.07, 6.45) is 0. The molecule has 5 nitrogen and oxygen atoms in total. The van der Waals surface area contributed by atoms with Crippen LogP contribution in [-0.4, -0.2) is 20.9 Å². The number of aromatic nitrogens is 3. The van der Waals surface area contributed by atoms with Crippen molar-refractivity contribution in [3.63, 3.8) is 0 Å². The van der Waals surface area contributed by atoms with Gasteiger partial charge in [0.05, 0.1) is 28.1 Å². The van der Waals surface area contributed by atoms with E-state index in [4.69, 9.17) is 11.6 Å². The van der Waals surface area contributed by atoms with Crippen molar-refractivity contribution in [3.8, 4) is 11.3 Å². The summed E-state index contributed by atoms with van der Waals surface area (Å²) in [6.45, 7) is 3.82. The molecule has 2 heterocycles. The van der Waals surface area contributed by atoms with Crippen molar-refractivity contribution >= 4 is 45.0 Å². The second-order valence-corrected chi connectivity index (χ2v) is 7.34. The van der Waals surface area contributed by atoms with E-state index in [2.05, 4.69) is 20.3 Å². The third-order valence-electron chi connectivity index (χ3n) is 4.21. The number of carbonyl (C=O) groups excluding carboxylic acids is 1. The fourth-order valence-corrected chi connectivity index (χ4v) is 3.60. The van der Waals surface area contributed by atoms with Gasteiger partial charge in [-0.2, -0.15) is 0 Å². The normalized spacial score (nSPS) is 10.9. The van der Waals surface area contributed by atoms with Gasteiger partial charge in [0.25, 0.3) is 5.91 Å². The minimum absolute atomic E-state index is 0.239. The molecule has 0 bridgehead atoms. The molecule has 0 aliphatic rings. The molecule has 4 rings (SSSR count). The van der Waals surface area contributed by atoms with Crippen LogP contribution in [0.2, 0.25) is 5.02 Å². The monoisotopic (exact) mass is 394 g/mol. The van der Waals surface area contributed by atoms with Crippen molar-refractivity contribution in [1.82, 2.24) is 15.0 Å². The summed E-state index contributed by atoms with van der Waals surface area (Å²) in [7, 11) is 0. The summed E-state index contributed by atoms with van der Waals surface area (Å²) in [6, 6.07) is 12.8. The van der Waals surface area contributed by atoms with E-state index in [1.54, 1.807) is 18.2 Å². The van der Waals surface area contributed by atoms with Crippen LogP contribution >= 0.6 is 22.9 Å². The van der Waals surface area contributed by atoms with Crippen molar-refractivity contribution in [2.24, 2.45) is 0 Å². The largest absolute Gasteiger partial charge is 0.298 e. The second-order valence-electron chi connectivity index (χ2n) is 6.07. The molecule has 4 aromatic rings. The summed E-state index contributed by atoms with van der Waals surface area (Å²) in [4.78, 5) is 26.1. The second kappa shape index (κ2) is 7.06. The van der Waals surface area contributed by atoms with Crippen LogP contribution in [-0.2, 0) is 0 Å². The van der Waals surface area contributed by atoms with E-state index in [9.17, 15) is 4.79 Å². The highest BCUT2D eigenvalue weighted by Gasteiger charge is 2.13. The van der Waals surface area contributed by atoms with Gasteiger partial charge in [0.2, 0.25) is 0 Å². The summed E-state index contributed by atoms with van der Waals surface area (Å²) >= 11 is 7.57. The first kappa shape index (κ1) is 17.6. The van der Waals surface area contributed by atoms with E-state index in [-0.39, 0.29) is 5.91 Å². The number of rotatable bonds is 3. The van der Waals surface area contributed by atoms with Crippen LogP contribution in [0.15, 0.2) is 47.8 Å². The molecule has 0 fully saturated rings. The summed E-state index contributed by atoms with van der Waals surface area (Å²) in [5.74, 6) is -0.239. The van der Waals surface area contributed by atoms with E-state index >= 15 is 0 Å².